The van der Waals surface area contributed by atoms with Crippen LogP contribution in [0.3, 0.4) is 0 Å². The van der Waals surface area contributed by atoms with Gasteiger partial charge in [-0.1, -0.05) is 6.42 Å². The fourth-order valence-corrected chi connectivity index (χ4v) is 5.03. The quantitative estimate of drug-likeness (QED) is 0.890. The molecule has 2 heterocycles. The molecule has 2 fully saturated rings. The summed E-state index contributed by atoms with van der Waals surface area (Å²) in [5.74, 6) is 2.12. The number of aryl methyl sites for hydroxylation is 1. The lowest BCUT2D eigenvalue weighted by molar-refractivity contribution is -0.119. The average molecular weight is 351 g/mol. The van der Waals surface area contributed by atoms with Crippen LogP contribution >= 0.6 is 0 Å². The smallest absolute Gasteiger partial charge is 0.227 e. The standard InChI is InChI=1S/C21H22FN3O/c22-16-4-6-17(7-5-16)24-20-11-19-15(12-23-20)3-8-21(26)25(19)18-10-13-1-2-14(18)9-13/h4-7,11-14,18H,1-3,8-10H2,(H,23,24). The van der Waals surface area contributed by atoms with Crippen LogP contribution in [0.1, 0.15) is 37.7 Å². The lowest BCUT2D eigenvalue weighted by atomic mass is 9.91. The van der Waals surface area contributed by atoms with Gasteiger partial charge in [0.25, 0.3) is 0 Å². The van der Waals surface area contributed by atoms with E-state index in [1.54, 1.807) is 12.1 Å². The highest BCUT2D eigenvalue weighted by Crippen LogP contribution is 2.49. The molecule has 134 valence electrons. The summed E-state index contributed by atoms with van der Waals surface area (Å²) in [6.07, 6.45) is 8.20. The monoisotopic (exact) mass is 351 g/mol. The van der Waals surface area contributed by atoms with Crippen molar-refractivity contribution in [1.29, 1.82) is 0 Å². The van der Waals surface area contributed by atoms with E-state index in [0.29, 0.717) is 24.2 Å². The van der Waals surface area contributed by atoms with E-state index in [2.05, 4.69) is 15.2 Å². The van der Waals surface area contributed by atoms with Crippen molar-refractivity contribution in [2.75, 3.05) is 10.2 Å². The number of hydrogen-bond donors (Lipinski definition) is 1. The van der Waals surface area contributed by atoms with Gasteiger partial charge in [0.05, 0.1) is 5.69 Å². The molecule has 1 amide bonds. The molecule has 0 saturated heterocycles. The second kappa shape index (κ2) is 6.08. The predicted molar refractivity (Wildman–Crippen MR) is 99.0 cm³/mol. The summed E-state index contributed by atoms with van der Waals surface area (Å²) in [5, 5.41) is 3.23. The summed E-state index contributed by atoms with van der Waals surface area (Å²) in [7, 11) is 0. The van der Waals surface area contributed by atoms with E-state index in [0.717, 1.165) is 35.7 Å². The van der Waals surface area contributed by atoms with Crippen molar-refractivity contribution in [3.8, 4) is 0 Å². The van der Waals surface area contributed by atoms with Crippen LogP contribution in [0.25, 0.3) is 0 Å². The van der Waals surface area contributed by atoms with Crippen LogP contribution in [-0.4, -0.2) is 16.9 Å². The first-order valence-corrected chi connectivity index (χ1v) is 9.51. The third-order valence-corrected chi connectivity index (χ3v) is 6.25. The Balaban J connectivity index is 1.47. The lowest BCUT2D eigenvalue weighted by Crippen LogP contribution is -2.46. The number of fused-ring (bicyclic) bond motifs is 3. The number of pyridine rings is 1. The third-order valence-electron chi connectivity index (χ3n) is 6.25. The van der Waals surface area contributed by atoms with Crippen molar-refractivity contribution in [3.63, 3.8) is 0 Å². The molecule has 4 nitrogen and oxygen atoms in total. The molecule has 5 heteroatoms. The Morgan fingerprint density at radius 1 is 1.12 bits per heavy atom. The number of anilines is 3. The summed E-state index contributed by atoms with van der Waals surface area (Å²) >= 11 is 0. The number of halogens is 1. The van der Waals surface area contributed by atoms with Crippen LogP contribution in [0.4, 0.5) is 21.6 Å². The van der Waals surface area contributed by atoms with Crippen molar-refractivity contribution in [2.45, 2.75) is 44.6 Å². The normalized spacial score (nSPS) is 26.9. The zero-order chi connectivity index (χ0) is 17.7. The maximum Gasteiger partial charge on any atom is 0.227 e. The molecule has 2 aliphatic carbocycles. The first-order valence-electron chi connectivity index (χ1n) is 9.51. The van der Waals surface area contributed by atoms with Crippen LogP contribution in [0, 0.1) is 17.7 Å². The first kappa shape index (κ1) is 15.8. The topological polar surface area (TPSA) is 45.2 Å². The summed E-state index contributed by atoms with van der Waals surface area (Å²) in [6, 6.07) is 8.56. The molecule has 2 aromatic rings. The highest BCUT2D eigenvalue weighted by Gasteiger charge is 2.45. The number of carbonyl (C=O) groups is 1. The molecule has 3 unspecified atom stereocenters. The zero-order valence-corrected chi connectivity index (χ0v) is 14.6. The summed E-state index contributed by atoms with van der Waals surface area (Å²) in [5.41, 5.74) is 2.95. The van der Waals surface area contributed by atoms with Crippen LogP contribution in [0.2, 0.25) is 0 Å². The maximum absolute atomic E-state index is 13.1. The number of aromatic nitrogens is 1. The van der Waals surface area contributed by atoms with Gasteiger partial charge in [-0.3, -0.25) is 4.79 Å². The minimum atomic E-state index is -0.262. The largest absolute Gasteiger partial charge is 0.340 e. The number of amides is 1. The number of nitrogens with zero attached hydrogens (tertiary/aromatic N) is 2. The number of carbonyl (C=O) groups excluding carboxylic acids is 1. The van der Waals surface area contributed by atoms with Crippen LogP contribution < -0.4 is 10.2 Å². The van der Waals surface area contributed by atoms with E-state index in [1.165, 1.54) is 31.4 Å². The van der Waals surface area contributed by atoms with Gasteiger partial charge in [0.2, 0.25) is 5.91 Å². The minimum Gasteiger partial charge on any atom is -0.340 e. The van der Waals surface area contributed by atoms with Gasteiger partial charge in [-0.25, -0.2) is 9.37 Å². The van der Waals surface area contributed by atoms with E-state index in [-0.39, 0.29) is 11.7 Å². The molecule has 3 atom stereocenters. The molecule has 5 rings (SSSR count). The molecule has 0 spiro atoms. The molecule has 3 aliphatic rings. The van der Waals surface area contributed by atoms with Crippen LogP contribution in [0.5, 0.6) is 0 Å². The van der Waals surface area contributed by atoms with Gasteiger partial charge in [0.15, 0.2) is 0 Å². The number of hydrogen-bond acceptors (Lipinski definition) is 3. The predicted octanol–water partition coefficient (Wildman–Crippen LogP) is 4.43. The first-order chi connectivity index (χ1) is 12.7. The van der Waals surface area contributed by atoms with E-state index < -0.39 is 0 Å². The maximum atomic E-state index is 13.1. The Labute approximate surface area is 152 Å². The molecule has 0 radical (unpaired) electrons. The Morgan fingerprint density at radius 3 is 2.69 bits per heavy atom. The highest BCUT2D eigenvalue weighted by atomic mass is 19.1. The molecule has 1 aliphatic heterocycles. The molecule has 1 aromatic carbocycles. The number of nitrogens with one attached hydrogen (secondary N) is 1. The van der Waals surface area contributed by atoms with Crippen molar-refractivity contribution >= 4 is 23.1 Å². The third kappa shape index (κ3) is 2.66. The number of benzene rings is 1. The van der Waals surface area contributed by atoms with Gasteiger partial charge < -0.3 is 10.2 Å². The average Bonchev–Trinajstić information content (AvgIpc) is 3.27. The van der Waals surface area contributed by atoms with Gasteiger partial charge in [-0.2, -0.15) is 0 Å². The van der Waals surface area contributed by atoms with E-state index in [4.69, 9.17) is 0 Å². The van der Waals surface area contributed by atoms with Crippen molar-refractivity contribution in [1.82, 2.24) is 4.98 Å². The Kier molecular flexibility index (Phi) is 3.69. The van der Waals surface area contributed by atoms with Crippen LogP contribution in [-0.2, 0) is 11.2 Å². The summed E-state index contributed by atoms with van der Waals surface area (Å²) in [6.45, 7) is 0. The van der Waals surface area contributed by atoms with Crippen molar-refractivity contribution in [3.05, 3.63) is 47.9 Å². The molecule has 1 N–H and O–H groups in total. The van der Waals surface area contributed by atoms with Gasteiger partial charge in [0, 0.05) is 30.4 Å². The molecule has 2 saturated carbocycles. The van der Waals surface area contributed by atoms with Gasteiger partial charge in [0.1, 0.15) is 11.6 Å². The fraction of sp³-hybridized carbons (Fsp3) is 0.429. The molecule has 26 heavy (non-hydrogen) atoms. The van der Waals surface area contributed by atoms with Gasteiger partial charge >= 0.3 is 0 Å². The molecular weight excluding hydrogens is 329 g/mol. The van der Waals surface area contributed by atoms with E-state index >= 15 is 0 Å². The SMILES string of the molecule is O=C1CCc2cnc(Nc3ccc(F)cc3)cc2N1C1CC2CCC1C2. The number of rotatable bonds is 3. The lowest BCUT2D eigenvalue weighted by Gasteiger charge is -2.38. The fourth-order valence-electron chi connectivity index (χ4n) is 5.03. The Bertz CT molecular complexity index is 851. The van der Waals surface area contributed by atoms with E-state index in [9.17, 15) is 9.18 Å². The van der Waals surface area contributed by atoms with Crippen molar-refractivity contribution in [2.24, 2.45) is 11.8 Å². The second-order valence-electron chi connectivity index (χ2n) is 7.84. The Hall–Kier alpha value is -2.43. The minimum absolute atomic E-state index is 0.244. The van der Waals surface area contributed by atoms with Crippen LogP contribution in [0.15, 0.2) is 36.5 Å². The molecule has 1 aromatic heterocycles. The summed E-state index contributed by atoms with van der Waals surface area (Å²) in [4.78, 5) is 19.3. The molecular formula is C21H22FN3O. The van der Waals surface area contributed by atoms with Crippen molar-refractivity contribution < 1.29 is 9.18 Å². The highest BCUT2D eigenvalue weighted by molar-refractivity contribution is 5.97. The Morgan fingerprint density at radius 2 is 1.96 bits per heavy atom. The zero-order valence-electron chi connectivity index (χ0n) is 14.6. The summed E-state index contributed by atoms with van der Waals surface area (Å²) < 4.78 is 13.1. The second-order valence-corrected chi connectivity index (χ2v) is 7.84. The molecule has 2 bridgehead atoms. The van der Waals surface area contributed by atoms with Gasteiger partial charge in [-0.15, -0.1) is 0 Å². The van der Waals surface area contributed by atoms with Gasteiger partial charge in [-0.05, 0) is 67.3 Å². The van der Waals surface area contributed by atoms with E-state index in [1.807, 2.05) is 12.3 Å².